The summed E-state index contributed by atoms with van der Waals surface area (Å²) in [5.41, 5.74) is 3.74. The zero-order chi connectivity index (χ0) is 29.1. The monoisotopic (exact) mass is 588 g/mol. The molecule has 42 heavy (non-hydrogen) atoms. The van der Waals surface area contributed by atoms with Crippen molar-refractivity contribution in [2.24, 2.45) is 0 Å². The molecule has 2 amide bonds. The lowest BCUT2D eigenvalue weighted by Gasteiger charge is -2.23. The van der Waals surface area contributed by atoms with Crippen LogP contribution in [0, 0.1) is 5.82 Å². The van der Waals surface area contributed by atoms with Crippen molar-refractivity contribution in [2.45, 2.75) is 11.7 Å². The van der Waals surface area contributed by atoms with Gasteiger partial charge in [-0.15, -0.1) is 11.8 Å². The number of amides is 2. The Hall–Kier alpha value is -4.35. The number of carbonyl (C=O) groups excluding carboxylic acids is 2. The van der Waals surface area contributed by atoms with Crippen LogP contribution >= 0.6 is 11.8 Å². The van der Waals surface area contributed by atoms with Gasteiger partial charge in [-0.2, -0.15) is 5.10 Å². The number of thioether (sulfide) groups is 1. The summed E-state index contributed by atoms with van der Waals surface area (Å²) in [6.07, 6.45) is 0.648. The van der Waals surface area contributed by atoms with E-state index < -0.39 is 5.82 Å². The number of methoxy groups -OCH3 is 1. The third kappa shape index (κ3) is 5.57. The zero-order valence-electron chi connectivity index (χ0n) is 22.9. The second-order valence-corrected chi connectivity index (χ2v) is 10.9. The summed E-state index contributed by atoms with van der Waals surface area (Å²) in [6, 6.07) is 21.4. The minimum Gasteiger partial charge on any atom is -0.454 e. The highest BCUT2D eigenvalue weighted by atomic mass is 32.2. The Balaban J connectivity index is 1.53. The number of aromatic nitrogens is 2. The average molecular weight is 589 g/mol. The van der Waals surface area contributed by atoms with Gasteiger partial charge in [0.15, 0.2) is 11.5 Å². The first-order valence-corrected chi connectivity index (χ1v) is 14.6. The van der Waals surface area contributed by atoms with E-state index >= 15 is 0 Å². The molecule has 0 spiro atoms. The van der Waals surface area contributed by atoms with Crippen LogP contribution < -0.4 is 19.7 Å². The number of anilines is 1. The largest absolute Gasteiger partial charge is 0.454 e. The Morgan fingerprint density at radius 1 is 1.10 bits per heavy atom. The Bertz CT molecular complexity index is 1600. The average Bonchev–Trinajstić information content (AvgIpc) is 3.61. The highest BCUT2D eigenvalue weighted by Crippen LogP contribution is 2.50. The number of nitrogens with one attached hydrogen (secondary N) is 1. The van der Waals surface area contributed by atoms with Crippen LogP contribution in [-0.4, -0.2) is 60.9 Å². The van der Waals surface area contributed by atoms with E-state index in [1.165, 1.54) is 28.8 Å². The fraction of sp³-hybridized carbons (Fsp3) is 0.258. The normalized spacial score (nSPS) is 15.8. The van der Waals surface area contributed by atoms with Gasteiger partial charge < -0.3 is 19.5 Å². The molecule has 216 valence electrons. The van der Waals surface area contributed by atoms with Crippen molar-refractivity contribution >= 4 is 29.4 Å². The minimum absolute atomic E-state index is 0.127. The first-order valence-electron chi connectivity index (χ1n) is 13.5. The molecule has 11 heteroatoms. The first-order chi connectivity index (χ1) is 20.5. The van der Waals surface area contributed by atoms with Crippen LogP contribution in [0.15, 0.2) is 72.8 Å². The van der Waals surface area contributed by atoms with Gasteiger partial charge in [-0.3, -0.25) is 14.5 Å². The molecule has 0 saturated carbocycles. The van der Waals surface area contributed by atoms with Gasteiger partial charge in [-0.05, 0) is 48.4 Å². The van der Waals surface area contributed by atoms with Crippen molar-refractivity contribution in [1.29, 1.82) is 0 Å². The molecule has 1 unspecified atom stereocenters. The van der Waals surface area contributed by atoms with Gasteiger partial charge in [-0.1, -0.05) is 36.4 Å². The number of hydrogen-bond acceptors (Lipinski definition) is 7. The Morgan fingerprint density at radius 2 is 1.88 bits per heavy atom. The molecule has 1 N–H and O–H groups in total. The quantitative estimate of drug-likeness (QED) is 0.283. The smallest absolute Gasteiger partial charge is 0.240 e. The number of nitrogens with zero attached hydrogens (tertiary/aromatic N) is 3. The van der Waals surface area contributed by atoms with Crippen molar-refractivity contribution in [3.05, 3.63) is 89.7 Å². The van der Waals surface area contributed by atoms with Crippen LogP contribution in [0.1, 0.15) is 22.8 Å². The van der Waals surface area contributed by atoms with Crippen LogP contribution in [-0.2, 0) is 14.3 Å². The van der Waals surface area contributed by atoms with E-state index in [4.69, 9.17) is 19.3 Å². The molecular weight excluding hydrogens is 559 g/mol. The summed E-state index contributed by atoms with van der Waals surface area (Å²) >= 11 is 1.46. The molecule has 0 radical (unpaired) electrons. The number of hydrogen-bond donors (Lipinski definition) is 1. The molecule has 2 aliphatic heterocycles. The van der Waals surface area contributed by atoms with Crippen molar-refractivity contribution in [1.82, 2.24) is 15.1 Å². The molecule has 3 heterocycles. The molecule has 0 aliphatic carbocycles. The molecule has 0 bridgehead atoms. The van der Waals surface area contributed by atoms with Crippen LogP contribution in [0.3, 0.4) is 0 Å². The van der Waals surface area contributed by atoms with E-state index in [-0.39, 0.29) is 36.2 Å². The van der Waals surface area contributed by atoms with Gasteiger partial charge in [0.1, 0.15) is 18.2 Å². The van der Waals surface area contributed by atoms with E-state index in [9.17, 15) is 14.0 Å². The topological polar surface area (TPSA) is 94.9 Å². The summed E-state index contributed by atoms with van der Waals surface area (Å²) in [7, 11) is 1.61. The summed E-state index contributed by atoms with van der Waals surface area (Å²) < 4.78 is 31.9. The lowest BCUT2D eigenvalue weighted by molar-refractivity contribution is -0.122. The van der Waals surface area contributed by atoms with Gasteiger partial charge in [0.2, 0.25) is 18.6 Å². The first kappa shape index (κ1) is 27.8. The van der Waals surface area contributed by atoms with E-state index in [1.807, 2.05) is 48.5 Å². The summed E-state index contributed by atoms with van der Waals surface area (Å²) in [5.74, 6) is 0.949. The Morgan fingerprint density at radius 3 is 2.67 bits per heavy atom. The van der Waals surface area contributed by atoms with Crippen LogP contribution in [0.4, 0.5) is 10.2 Å². The number of halogens is 1. The zero-order valence-corrected chi connectivity index (χ0v) is 23.7. The van der Waals surface area contributed by atoms with Gasteiger partial charge in [0, 0.05) is 31.4 Å². The van der Waals surface area contributed by atoms with Crippen molar-refractivity contribution < 1.29 is 28.2 Å². The number of fused-ring (bicyclic) bond motifs is 2. The highest BCUT2D eigenvalue weighted by molar-refractivity contribution is 8.00. The summed E-state index contributed by atoms with van der Waals surface area (Å²) in [4.78, 5) is 28.4. The van der Waals surface area contributed by atoms with Gasteiger partial charge in [-0.25, -0.2) is 9.07 Å². The number of benzene rings is 3. The molecule has 6 rings (SSSR count). The summed E-state index contributed by atoms with van der Waals surface area (Å²) in [5, 5.41) is 7.56. The SMILES string of the molecule is COCCCNC(=O)CN1C(=O)CSC(c2ccc3c(c2)OCO3)c2c(-c3ccccc3)nn(-c3ccc(F)cc3)c21. The van der Waals surface area contributed by atoms with Crippen molar-refractivity contribution in [3.8, 4) is 28.4 Å². The second-order valence-electron chi connectivity index (χ2n) is 9.82. The second kappa shape index (κ2) is 12.3. The van der Waals surface area contributed by atoms with Crippen molar-refractivity contribution in [3.63, 3.8) is 0 Å². The molecule has 1 aromatic heterocycles. The maximum Gasteiger partial charge on any atom is 0.240 e. The van der Waals surface area contributed by atoms with E-state index in [2.05, 4.69) is 5.32 Å². The number of carbonyl (C=O) groups is 2. The van der Waals surface area contributed by atoms with Crippen LogP contribution in [0.5, 0.6) is 11.5 Å². The van der Waals surface area contributed by atoms with Crippen LogP contribution in [0.2, 0.25) is 0 Å². The third-order valence-electron chi connectivity index (χ3n) is 7.06. The predicted molar refractivity (Wildman–Crippen MR) is 158 cm³/mol. The fourth-order valence-corrected chi connectivity index (χ4v) is 6.26. The lowest BCUT2D eigenvalue weighted by Crippen LogP contribution is -2.42. The molecule has 4 aromatic rings. The standard InChI is InChI=1S/C31H29FN4O5S/c1-39-15-5-14-33-26(37)17-35-27(38)18-42-30(21-8-13-24-25(16-21)41-19-40-24)28-29(20-6-3-2-4-7-20)34-36(31(28)35)23-11-9-22(32)10-12-23/h2-4,6-13,16,30H,5,14-15,17-19H2,1H3,(H,33,37). The fourth-order valence-electron chi connectivity index (χ4n) is 5.07. The molecule has 0 fully saturated rings. The maximum absolute atomic E-state index is 14.0. The molecule has 9 nitrogen and oxygen atoms in total. The van der Waals surface area contributed by atoms with Gasteiger partial charge >= 0.3 is 0 Å². The maximum atomic E-state index is 14.0. The van der Waals surface area contributed by atoms with E-state index in [0.717, 1.165) is 16.7 Å². The predicted octanol–water partition coefficient (Wildman–Crippen LogP) is 4.73. The third-order valence-corrected chi connectivity index (χ3v) is 8.31. The van der Waals surface area contributed by atoms with E-state index in [1.54, 1.807) is 23.9 Å². The van der Waals surface area contributed by atoms with Crippen molar-refractivity contribution in [2.75, 3.05) is 44.3 Å². The molecule has 1 atom stereocenters. The van der Waals surface area contributed by atoms with Gasteiger partial charge in [0.25, 0.3) is 0 Å². The number of rotatable bonds is 9. The highest BCUT2D eigenvalue weighted by Gasteiger charge is 2.38. The van der Waals surface area contributed by atoms with Crippen LogP contribution in [0.25, 0.3) is 16.9 Å². The van der Waals surface area contributed by atoms with Gasteiger partial charge in [0.05, 0.1) is 22.4 Å². The number of ether oxygens (including phenoxy) is 3. The molecule has 2 aliphatic rings. The summed E-state index contributed by atoms with van der Waals surface area (Å²) in [6.45, 7) is 0.876. The molecule has 0 saturated heterocycles. The lowest BCUT2D eigenvalue weighted by atomic mass is 9.99. The Kier molecular flexibility index (Phi) is 8.11. The molecular formula is C31H29FN4O5S. The van der Waals surface area contributed by atoms with E-state index in [0.29, 0.717) is 48.3 Å². The Labute approximate surface area is 246 Å². The minimum atomic E-state index is -0.391. The molecule has 3 aromatic carbocycles.